The molecule has 1 saturated carbocycles. The fraction of sp³-hybridized carbons (Fsp3) is 0.944. The minimum atomic E-state index is -0.419. The summed E-state index contributed by atoms with van der Waals surface area (Å²) in [6.45, 7) is 12.0. The molecule has 1 saturated heterocycles. The van der Waals surface area contributed by atoms with Gasteiger partial charge in [0.2, 0.25) is 0 Å². The van der Waals surface area contributed by atoms with E-state index in [2.05, 4.69) is 24.2 Å². The van der Waals surface area contributed by atoms with Crippen LogP contribution in [0.5, 0.6) is 0 Å². The van der Waals surface area contributed by atoms with Crippen LogP contribution in [0.25, 0.3) is 0 Å². The van der Waals surface area contributed by atoms with Crippen LogP contribution in [-0.2, 0) is 4.74 Å². The topological polar surface area (TPSA) is 44.8 Å². The molecule has 2 aliphatic rings. The predicted octanol–water partition coefficient (Wildman–Crippen LogP) is 2.71. The van der Waals surface area contributed by atoms with Crippen molar-refractivity contribution in [3.63, 3.8) is 0 Å². The van der Waals surface area contributed by atoms with Crippen molar-refractivity contribution >= 4 is 6.09 Å². The van der Waals surface area contributed by atoms with Crippen LogP contribution < -0.4 is 5.32 Å². The lowest BCUT2D eigenvalue weighted by Crippen LogP contribution is -2.46. The van der Waals surface area contributed by atoms with Gasteiger partial charge in [-0.15, -0.1) is 0 Å². The average Bonchev–Trinajstić information content (AvgIpc) is 3.25. The van der Waals surface area contributed by atoms with Crippen molar-refractivity contribution in [3.8, 4) is 0 Å². The number of piperidine rings is 1. The molecule has 2 unspecified atom stereocenters. The van der Waals surface area contributed by atoms with Crippen LogP contribution in [0.15, 0.2) is 0 Å². The van der Waals surface area contributed by atoms with Crippen LogP contribution in [0.4, 0.5) is 4.79 Å². The molecule has 0 bridgehead atoms. The van der Waals surface area contributed by atoms with Crippen LogP contribution >= 0.6 is 0 Å². The van der Waals surface area contributed by atoms with Gasteiger partial charge in [0.05, 0.1) is 0 Å². The number of hydrogen-bond donors (Lipinski definition) is 1. The minimum absolute atomic E-state index is 0.160. The molecule has 1 heterocycles. The predicted molar refractivity (Wildman–Crippen MR) is 93.6 cm³/mol. The Labute approximate surface area is 141 Å². The Balaban J connectivity index is 1.75. The van der Waals surface area contributed by atoms with Crippen molar-refractivity contribution in [1.29, 1.82) is 0 Å². The third kappa shape index (κ3) is 6.30. The van der Waals surface area contributed by atoms with Crippen molar-refractivity contribution in [2.75, 3.05) is 33.2 Å². The van der Waals surface area contributed by atoms with E-state index in [1.165, 1.54) is 25.9 Å². The van der Waals surface area contributed by atoms with Crippen molar-refractivity contribution < 1.29 is 9.53 Å². The van der Waals surface area contributed by atoms with E-state index < -0.39 is 5.60 Å². The first kappa shape index (κ1) is 18.5. The standard InChI is InChI=1S/C18H35N3O2/c1-14(15-7-6-11-20(5)13-15)19-10-12-21(16-8-9-16)17(22)23-18(2,3)4/h14-16,19H,6-13H2,1-5H3. The van der Waals surface area contributed by atoms with Gasteiger partial charge in [-0.25, -0.2) is 4.79 Å². The summed E-state index contributed by atoms with van der Waals surface area (Å²) in [4.78, 5) is 16.7. The Morgan fingerprint density at radius 1 is 1.35 bits per heavy atom. The first-order chi connectivity index (χ1) is 10.8. The van der Waals surface area contributed by atoms with E-state index in [-0.39, 0.29) is 6.09 Å². The van der Waals surface area contributed by atoms with Gasteiger partial charge in [0, 0.05) is 31.7 Å². The Kier molecular flexibility index (Phi) is 6.32. The van der Waals surface area contributed by atoms with Crippen LogP contribution in [-0.4, -0.2) is 66.8 Å². The van der Waals surface area contributed by atoms with Crippen LogP contribution in [0.1, 0.15) is 53.4 Å². The number of carbonyl (C=O) groups is 1. The quantitative estimate of drug-likeness (QED) is 0.815. The molecule has 0 aromatic carbocycles. The third-order valence-corrected chi connectivity index (χ3v) is 4.80. The summed E-state index contributed by atoms with van der Waals surface area (Å²) < 4.78 is 5.54. The second-order valence-electron chi connectivity index (χ2n) is 8.31. The van der Waals surface area contributed by atoms with Crippen LogP contribution in [0, 0.1) is 5.92 Å². The zero-order chi connectivity index (χ0) is 17.0. The number of nitrogens with one attached hydrogen (secondary N) is 1. The average molecular weight is 325 g/mol. The summed E-state index contributed by atoms with van der Waals surface area (Å²) in [6, 6.07) is 0.889. The molecule has 1 amide bonds. The summed E-state index contributed by atoms with van der Waals surface area (Å²) in [5.41, 5.74) is -0.419. The lowest BCUT2D eigenvalue weighted by atomic mass is 9.92. The number of carbonyl (C=O) groups excluding carboxylic acids is 1. The summed E-state index contributed by atoms with van der Waals surface area (Å²) in [6.07, 6.45) is 4.66. The van der Waals surface area contributed by atoms with Crippen molar-refractivity contribution in [2.24, 2.45) is 5.92 Å². The highest BCUT2D eigenvalue weighted by atomic mass is 16.6. The zero-order valence-electron chi connectivity index (χ0n) is 15.6. The number of nitrogens with zero attached hydrogens (tertiary/aromatic N) is 2. The second kappa shape index (κ2) is 7.84. The smallest absolute Gasteiger partial charge is 0.410 e. The van der Waals surface area contributed by atoms with Crippen LogP contribution in [0.3, 0.4) is 0 Å². The molecule has 0 aromatic heterocycles. The van der Waals surface area contributed by atoms with Gasteiger partial charge in [-0.05, 0) is 72.9 Å². The molecule has 1 aliphatic carbocycles. The highest BCUT2D eigenvalue weighted by Crippen LogP contribution is 2.28. The highest BCUT2D eigenvalue weighted by Gasteiger charge is 2.35. The Morgan fingerprint density at radius 3 is 2.61 bits per heavy atom. The maximum atomic E-state index is 12.3. The summed E-state index contributed by atoms with van der Waals surface area (Å²) in [7, 11) is 2.20. The molecule has 23 heavy (non-hydrogen) atoms. The lowest BCUT2D eigenvalue weighted by molar-refractivity contribution is 0.0233. The Bertz CT molecular complexity index is 390. The summed E-state index contributed by atoms with van der Waals surface area (Å²) in [5, 5.41) is 3.63. The maximum absolute atomic E-state index is 12.3. The third-order valence-electron chi connectivity index (χ3n) is 4.80. The van der Waals surface area contributed by atoms with Gasteiger partial charge in [-0.3, -0.25) is 0 Å². The minimum Gasteiger partial charge on any atom is -0.444 e. The van der Waals surface area contributed by atoms with Crippen molar-refractivity contribution in [1.82, 2.24) is 15.1 Å². The van der Waals surface area contributed by atoms with Gasteiger partial charge < -0.3 is 19.9 Å². The molecule has 134 valence electrons. The molecule has 2 fully saturated rings. The molecule has 1 N–H and O–H groups in total. The molecular formula is C18H35N3O2. The Hall–Kier alpha value is -0.810. The van der Waals surface area contributed by atoms with E-state index in [1.54, 1.807) is 0 Å². The van der Waals surface area contributed by atoms with Gasteiger partial charge in [0.15, 0.2) is 0 Å². The number of ether oxygens (including phenoxy) is 1. The molecule has 0 spiro atoms. The number of likely N-dealkylation sites (tertiary alicyclic amines) is 1. The molecule has 0 radical (unpaired) electrons. The number of amides is 1. The molecule has 0 aromatic rings. The monoisotopic (exact) mass is 325 g/mol. The van der Waals surface area contributed by atoms with E-state index in [0.717, 1.165) is 25.9 Å². The van der Waals surface area contributed by atoms with Crippen molar-refractivity contribution in [3.05, 3.63) is 0 Å². The SMILES string of the molecule is CC(NCCN(C(=O)OC(C)(C)C)C1CC1)C1CCCN(C)C1. The molecule has 2 atom stereocenters. The van der Waals surface area contributed by atoms with E-state index in [4.69, 9.17) is 4.74 Å². The molecule has 5 nitrogen and oxygen atoms in total. The van der Waals surface area contributed by atoms with Gasteiger partial charge in [0.25, 0.3) is 0 Å². The van der Waals surface area contributed by atoms with E-state index >= 15 is 0 Å². The zero-order valence-corrected chi connectivity index (χ0v) is 15.6. The normalized spacial score (nSPS) is 24.3. The van der Waals surface area contributed by atoms with Gasteiger partial charge in [0.1, 0.15) is 5.60 Å². The van der Waals surface area contributed by atoms with Crippen LogP contribution in [0.2, 0.25) is 0 Å². The summed E-state index contributed by atoms with van der Waals surface area (Å²) in [5.74, 6) is 0.713. The second-order valence-corrected chi connectivity index (χ2v) is 8.31. The van der Waals surface area contributed by atoms with E-state index in [1.807, 2.05) is 25.7 Å². The number of rotatable bonds is 6. The van der Waals surface area contributed by atoms with Gasteiger partial charge in [-0.2, -0.15) is 0 Å². The fourth-order valence-electron chi connectivity index (χ4n) is 3.32. The fourth-order valence-corrected chi connectivity index (χ4v) is 3.32. The van der Waals surface area contributed by atoms with E-state index in [0.29, 0.717) is 18.0 Å². The van der Waals surface area contributed by atoms with Crippen molar-refractivity contribution in [2.45, 2.75) is 71.1 Å². The number of hydrogen-bond acceptors (Lipinski definition) is 4. The largest absolute Gasteiger partial charge is 0.444 e. The Morgan fingerprint density at radius 2 is 2.04 bits per heavy atom. The first-order valence-electron chi connectivity index (χ1n) is 9.18. The van der Waals surface area contributed by atoms with E-state index in [9.17, 15) is 4.79 Å². The lowest BCUT2D eigenvalue weighted by Gasteiger charge is -2.34. The van der Waals surface area contributed by atoms with Gasteiger partial charge >= 0.3 is 6.09 Å². The molecule has 5 heteroatoms. The molecular weight excluding hydrogens is 290 g/mol. The molecule has 2 rings (SSSR count). The highest BCUT2D eigenvalue weighted by molar-refractivity contribution is 5.69. The summed E-state index contributed by atoms with van der Waals surface area (Å²) >= 11 is 0. The maximum Gasteiger partial charge on any atom is 0.410 e. The molecule has 1 aliphatic heterocycles. The first-order valence-corrected chi connectivity index (χ1v) is 9.18. The van der Waals surface area contributed by atoms with Gasteiger partial charge in [-0.1, -0.05) is 0 Å².